The zero-order valence-corrected chi connectivity index (χ0v) is 12.8. The summed E-state index contributed by atoms with van der Waals surface area (Å²) in [6, 6.07) is 2.15. The summed E-state index contributed by atoms with van der Waals surface area (Å²) in [5.74, 6) is 0.0643. The molecule has 1 aliphatic rings. The molecule has 1 fully saturated rings. The van der Waals surface area contributed by atoms with Crippen LogP contribution in [0.5, 0.6) is 0 Å². The summed E-state index contributed by atoms with van der Waals surface area (Å²) in [5, 5.41) is 4.24. The van der Waals surface area contributed by atoms with Crippen molar-refractivity contribution in [3.8, 4) is 0 Å². The van der Waals surface area contributed by atoms with Gasteiger partial charge in [0.25, 0.3) is 5.91 Å². The zero-order chi connectivity index (χ0) is 13.3. The van der Waals surface area contributed by atoms with Crippen molar-refractivity contribution < 1.29 is 4.79 Å². The number of amides is 1. The van der Waals surface area contributed by atoms with E-state index in [1.165, 1.54) is 12.8 Å². The highest BCUT2D eigenvalue weighted by atomic mass is 79.9. The highest BCUT2D eigenvalue weighted by molar-refractivity contribution is 9.09. The number of hydrogen-bond donors (Lipinski definition) is 0. The molecule has 5 heteroatoms. The van der Waals surface area contributed by atoms with Gasteiger partial charge in [-0.3, -0.25) is 9.48 Å². The average molecular weight is 314 g/mol. The minimum atomic E-state index is 0.0643. The van der Waals surface area contributed by atoms with Gasteiger partial charge < -0.3 is 4.90 Å². The van der Waals surface area contributed by atoms with Crippen molar-refractivity contribution in [2.75, 3.05) is 7.05 Å². The fraction of sp³-hybridized carbons (Fsp3) is 0.692. The maximum atomic E-state index is 12.5. The first-order valence-electron chi connectivity index (χ1n) is 6.42. The highest BCUT2D eigenvalue weighted by Gasteiger charge is 2.30. The molecule has 0 bridgehead atoms. The third-order valence-corrected chi connectivity index (χ3v) is 4.75. The van der Waals surface area contributed by atoms with Gasteiger partial charge in [0.1, 0.15) is 5.69 Å². The molecule has 1 amide bonds. The predicted molar refractivity (Wildman–Crippen MR) is 75.0 cm³/mol. The van der Waals surface area contributed by atoms with E-state index >= 15 is 0 Å². The second kappa shape index (κ2) is 5.43. The maximum absolute atomic E-state index is 12.5. The van der Waals surface area contributed by atoms with Crippen LogP contribution >= 0.6 is 15.9 Å². The van der Waals surface area contributed by atoms with Crippen molar-refractivity contribution in [1.29, 1.82) is 0 Å². The van der Waals surface area contributed by atoms with Gasteiger partial charge in [0, 0.05) is 25.0 Å². The molecule has 18 heavy (non-hydrogen) atoms. The molecule has 0 radical (unpaired) electrons. The van der Waals surface area contributed by atoms with E-state index in [4.69, 9.17) is 0 Å². The van der Waals surface area contributed by atoms with Crippen LogP contribution in [-0.4, -0.2) is 38.5 Å². The average Bonchev–Trinajstić information content (AvgIpc) is 2.67. The summed E-state index contributed by atoms with van der Waals surface area (Å²) >= 11 is 3.70. The molecule has 0 spiro atoms. The molecule has 0 aromatic carbocycles. The fourth-order valence-electron chi connectivity index (χ4n) is 2.64. The number of carbonyl (C=O) groups excluding carboxylic acids is 1. The van der Waals surface area contributed by atoms with Crippen LogP contribution in [-0.2, 0) is 7.05 Å². The predicted octanol–water partition coefficient (Wildman–Crippen LogP) is 2.51. The van der Waals surface area contributed by atoms with Crippen molar-refractivity contribution in [3.05, 3.63) is 17.5 Å². The maximum Gasteiger partial charge on any atom is 0.272 e. The number of nitrogens with zero attached hydrogens (tertiary/aromatic N) is 3. The van der Waals surface area contributed by atoms with Crippen LogP contribution in [0.2, 0.25) is 0 Å². The largest absolute Gasteiger partial charge is 0.336 e. The quantitative estimate of drug-likeness (QED) is 0.787. The van der Waals surface area contributed by atoms with Crippen LogP contribution in [0, 0.1) is 6.92 Å². The number of carbonyl (C=O) groups is 1. The fourth-order valence-corrected chi connectivity index (χ4v) is 3.59. The Morgan fingerprint density at radius 1 is 1.50 bits per heavy atom. The van der Waals surface area contributed by atoms with Gasteiger partial charge in [-0.1, -0.05) is 28.8 Å². The molecule has 0 saturated heterocycles. The van der Waals surface area contributed by atoms with Gasteiger partial charge in [-0.05, 0) is 25.8 Å². The Hall–Kier alpha value is -0.840. The Labute approximate surface area is 116 Å². The molecule has 1 saturated carbocycles. The summed E-state index contributed by atoms with van der Waals surface area (Å²) < 4.78 is 1.67. The van der Waals surface area contributed by atoms with Crippen molar-refractivity contribution in [1.82, 2.24) is 14.7 Å². The zero-order valence-electron chi connectivity index (χ0n) is 11.2. The van der Waals surface area contributed by atoms with Crippen molar-refractivity contribution in [2.45, 2.75) is 43.5 Å². The summed E-state index contributed by atoms with van der Waals surface area (Å²) in [7, 11) is 3.72. The van der Waals surface area contributed by atoms with Crippen LogP contribution in [0.4, 0.5) is 0 Å². The van der Waals surface area contributed by atoms with E-state index in [2.05, 4.69) is 21.0 Å². The van der Waals surface area contributed by atoms with E-state index in [0.29, 0.717) is 16.6 Å². The van der Waals surface area contributed by atoms with Crippen LogP contribution in [0.1, 0.15) is 41.9 Å². The van der Waals surface area contributed by atoms with Crippen LogP contribution < -0.4 is 0 Å². The monoisotopic (exact) mass is 313 g/mol. The number of alkyl halides is 1. The van der Waals surface area contributed by atoms with Gasteiger partial charge in [-0.2, -0.15) is 5.10 Å². The Balaban J connectivity index is 2.15. The number of halogens is 1. The summed E-state index contributed by atoms with van der Waals surface area (Å²) in [6.07, 6.45) is 4.68. The molecule has 1 aliphatic carbocycles. The molecule has 2 atom stereocenters. The lowest BCUT2D eigenvalue weighted by Crippen LogP contribution is -2.44. The summed E-state index contributed by atoms with van der Waals surface area (Å²) in [4.78, 5) is 14.7. The first-order chi connectivity index (χ1) is 8.50. The van der Waals surface area contributed by atoms with E-state index < -0.39 is 0 Å². The summed E-state index contributed by atoms with van der Waals surface area (Å²) in [5.41, 5.74) is 1.55. The Morgan fingerprint density at radius 3 is 2.72 bits per heavy atom. The number of rotatable bonds is 2. The highest BCUT2D eigenvalue weighted by Crippen LogP contribution is 2.28. The minimum Gasteiger partial charge on any atom is -0.336 e. The second-order valence-corrected chi connectivity index (χ2v) is 6.25. The number of aryl methyl sites for hydroxylation is 2. The third-order valence-electron chi connectivity index (χ3n) is 3.69. The SMILES string of the molecule is Cc1cc(C(=O)N(C)C2CCCCC2Br)n(C)n1. The van der Waals surface area contributed by atoms with E-state index in [9.17, 15) is 4.79 Å². The third kappa shape index (κ3) is 2.60. The van der Waals surface area contributed by atoms with Gasteiger partial charge in [0.15, 0.2) is 0 Å². The van der Waals surface area contributed by atoms with Crippen LogP contribution in [0.15, 0.2) is 6.07 Å². The first-order valence-corrected chi connectivity index (χ1v) is 7.34. The molecular formula is C13H20BrN3O. The van der Waals surface area contributed by atoms with Crippen molar-refractivity contribution in [2.24, 2.45) is 7.05 Å². The first kappa shape index (κ1) is 13.6. The molecule has 4 nitrogen and oxygen atoms in total. The molecule has 100 valence electrons. The van der Waals surface area contributed by atoms with E-state index in [-0.39, 0.29) is 5.91 Å². The summed E-state index contributed by atoms with van der Waals surface area (Å²) in [6.45, 7) is 1.91. The van der Waals surface area contributed by atoms with Gasteiger partial charge in [-0.15, -0.1) is 0 Å². The normalized spacial score (nSPS) is 24.0. The Kier molecular flexibility index (Phi) is 4.10. The lowest BCUT2D eigenvalue weighted by atomic mass is 9.94. The second-order valence-electron chi connectivity index (χ2n) is 5.08. The van der Waals surface area contributed by atoms with Crippen LogP contribution in [0.25, 0.3) is 0 Å². The van der Waals surface area contributed by atoms with E-state index in [0.717, 1.165) is 18.5 Å². The lowest BCUT2D eigenvalue weighted by molar-refractivity contribution is 0.0693. The smallest absolute Gasteiger partial charge is 0.272 e. The number of aromatic nitrogens is 2. The molecule has 1 heterocycles. The molecular weight excluding hydrogens is 294 g/mol. The van der Waals surface area contributed by atoms with Crippen LogP contribution in [0.3, 0.4) is 0 Å². The van der Waals surface area contributed by atoms with Gasteiger partial charge in [-0.25, -0.2) is 0 Å². The van der Waals surface area contributed by atoms with Gasteiger partial charge >= 0.3 is 0 Å². The van der Waals surface area contributed by atoms with Crippen molar-refractivity contribution >= 4 is 21.8 Å². The van der Waals surface area contributed by atoms with E-state index in [1.54, 1.807) is 4.68 Å². The van der Waals surface area contributed by atoms with Gasteiger partial charge in [0.05, 0.1) is 5.69 Å². The Morgan fingerprint density at radius 2 is 2.17 bits per heavy atom. The Bertz CT molecular complexity index is 443. The van der Waals surface area contributed by atoms with Gasteiger partial charge in [0.2, 0.25) is 0 Å². The molecule has 0 aliphatic heterocycles. The molecule has 1 aromatic heterocycles. The molecule has 0 N–H and O–H groups in total. The minimum absolute atomic E-state index is 0.0643. The topological polar surface area (TPSA) is 38.1 Å². The molecule has 1 aromatic rings. The van der Waals surface area contributed by atoms with E-state index in [1.807, 2.05) is 32.0 Å². The lowest BCUT2D eigenvalue weighted by Gasteiger charge is -2.35. The molecule has 2 unspecified atom stereocenters. The molecule has 2 rings (SSSR count). The standard InChI is InChI=1S/C13H20BrN3O/c1-9-8-12(17(3)15-9)13(18)16(2)11-7-5-4-6-10(11)14/h8,10-11H,4-7H2,1-3H3. The number of hydrogen-bond acceptors (Lipinski definition) is 2. The van der Waals surface area contributed by atoms with Crippen molar-refractivity contribution in [3.63, 3.8) is 0 Å².